The van der Waals surface area contributed by atoms with Crippen LogP contribution in [0.5, 0.6) is 0 Å². The van der Waals surface area contributed by atoms with E-state index in [-0.39, 0.29) is 22.6 Å². The zero-order chi connectivity index (χ0) is 20.0. The average molecular weight is 396 g/mol. The van der Waals surface area contributed by atoms with Crippen molar-refractivity contribution in [1.82, 2.24) is 4.31 Å². The molecule has 2 saturated carbocycles. The van der Waals surface area contributed by atoms with E-state index in [4.69, 9.17) is 0 Å². The van der Waals surface area contributed by atoms with Gasteiger partial charge >= 0.3 is 0 Å². The molecule has 2 bridgehead atoms. The number of hydrogen-bond acceptors (Lipinski definition) is 4. The van der Waals surface area contributed by atoms with Crippen molar-refractivity contribution in [3.8, 4) is 0 Å². The highest BCUT2D eigenvalue weighted by atomic mass is 32.2. The highest BCUT2D eigenvalue weighted by molar-refractivity contribution is 7.90. The van der Waals surface area contributed by atoms with Crippen LogP contribution in [-0.2, 0) is 14.8 Å². The van der Waals surface area contributed by atoms with E-state index in [9.17, 15) is 18.3 Å². The minimum absolute atomic E-state index is 0.0663. The monoisotopic (exact) mass is 395 g/mol. The normalized spacial score (nSPS) is 34.9. The van der Waals surface area contributed by atoms with Crippen LogP contribution in [0.25, 0.3) is 0 Å². The topological polar surface area (TPSA) is 74.7 Å². The third-order valence-electron chi connectivity index (χ3n) is 7.76. The summed E-state index contributed by atoms with van der Waals surface area (Å²) >= 11 is 0. The molecular formula is C21H33NO4S. The molecule has 1 amide bonds. The van der Waals surface area contributed by atoms with Crippen LogP contribution in [0.2, 0.25) is 0 Å². The molecule has 5 atom stereocenters. The van der Waals surface area contributed by atoms with Crippen molar-refractivity contribution in [1.29, 1.82) is 0 Å². The predicted molar refractivity (Wildman–Crippen MR) is 106 cm³/mol. The van der Waals surface area contributed by atoms with Crippen molar-refractivity contribution in [3.63, 3.8) is 0 Å². The van der Waals surface area contributed by atoms with E-state index in [1.165, 1.54) is 4.31 Å². The lowest BCUT2D eigenvalue weighted by Crippen LogP contribution is -2.48. The molecule has 0 aromatic rings. The maximum atomic E-state index is 13.4. The third kappa shape index (κ3) is 3.00. The fourth-order valence-electron chi connectivity index (χ4n) is 6.01. The standard InChI is InChI=1S/C21H33NO4S/c1-5-7-9-16(17(23)10-8-6-2)19(24)22-18-13-15-11-12-21(18,20(15,3)4)14-27(22,25)26/h5-6,15-18,23H,1-2,7-14H2,3-4H3/t15-,16+,17+,18-,21-/m0/s1. The van der Waals surface area contributed by atoms with Crippen molar-refractivity contribution < 1.29 is 18.3 Å². The summed E-state index contributed by atoms with van der Waals surface area (Å²) in [6.07, 6.45) is 7.21. The number of nitrogens with zero attached hydrogens (tertiary/aromatic N) is 1. The number of aliphatic hydroxyl groups excluding tert-OH is 1. The summed E-state index contributed by atoms with van der Waals surface area (Å²) in [6.45, 7) is 11.7. The van der Waals surface area contributed by atoms with Gasteiger partial charge in [-0.15, -0.1) is 13.2 Å². The predicted octanol–water partition coefficient (Wildman–Crippen LogP) is 3.26. The first-order chi connectivity index (χ1) is 12.6. The van der Waals surface area contributed by atoms with Crippen molar-refractivity contribution >= 4 is 15.9 Å². The van der Waals surface area contributed by atoms with Gasteiger partial charge in [0.25, 0.3) is 0 Å². The first kappa shape index (κ1) is 20.6. The Bertz CT molecular complexity index is 728. The minimum Gasteiger partial charge on any atom is -0.392 e. The van der Waals surface area contributed by atoms with E-state index in [0.29, 0.717) is 31.6 Å². The van der Waals surface area contributed by atoms with Crippen LogP contribution in [-0.4, -0.2) is 41.6 Å². The fraction of sp³-hybridized carbons (Fsp3) is 0.762. The Balaban J connectivity index is 1.92. The van der Waals surface area contributed by atoms with Crippen molar-refractivity contribution in [3.05, 3.63) is 25.3 Å². The van der Waals surface area contributed by atoms with Gasteiger partial charge in [-0.3, -0.25) is 4.79 Å². The minimum atomic E-state index is -3.66. The molecule has 3 rings (SSSR count). The summed E-state index contributed by atoms with van der Waals surface area (Å²) in [4.78, 5) is 13.4. The zero-order valence-corrected chi connectivity index (χ0v) is 17.4. The Kier molecular flexibility index (Phi) is 5.36. The van der Waals surface area contributed by atoms with Crippen LogP contribution in [0.1, 0.15) is 58.8 Å². The molecule has 1 aliphatic heterocycles. The molecule has 1 saturated heterocycles. The molecule has 3 aliphatic rings. The second kappa shape index (κ2) is 7.03. The highest BCUT2D eigenvalue weighted by Gasteiger charge is 2.72. The third-order valence-corrected chi connectivity index (χ3v) is 9.67. The van der Waals surface area contributed by atoms with Gasteiger partial charge in [-0.05, 0) is 56.3 Å². The lowest BCUT2D eigenvalue weighted by atomic mass is 9.69. The summed E-state index contributed by atoms with van der Waals surface area (Å²) in [7, 11) is -3.66. The maximum Gasteiger partial charge on any atom is 0.242 e. The number of aliphatic hydroxyl groups is 1. The van der Waals surface area contributed by atoms with E-state index in [1.54, 1.807) is 12.2 Å². The van der Waals surface area contributed by atoms with Gasteiger partial charge < -0.3 is 5.11 Å². The molecule has 1 spiro atoms. The molecule has 0 radical (unpaired) electrons. The molecular weight excluding hydrogens is 362 g/mol. The summed E-state index contributed by atoms with van der Waals surface area (Å²) < 4.78 is 27.4. The number of rotatable bonds is 8. The zero-order valence-electron chi connectivity index (χ0n) is 16.6. The van der Waals surface area contributed by atoms with Crippen LogP contribution < -0.4 is 0 Å². The average Bonchev–Trinajstić information content (AvgIpc) is 3.07. The SMILES string of the molecule is C=CCC[C@@H](O)[C@@H](CCC=C)C(=O)N1[C@H]2C[C@@H]3CC[C@@]2(CS1(=O)=O)C3(C)C. The van der Waals surface area contributed by atoms with Crippen molar-refractivity contribution in [2.24, 2.45) is 22.7 Å². The van der Waals surface area contributed by atoms with Crippen LogP contribution in [0.15, 0.2) is 25.3 Å². The number of allylic oxidation sites excluding steroid dienone is 2. The molecule has 27 heavy (non-hydrogen) atoms. The smallest absolute Gasteiger partial charge is 0.242 e. The van der Waals surface area contributed by atoms with Crippen LogP contribution >= 0.6 is 0 Å². The Labute approximate surface area is 163 Å². The van der Waals surface area contributed by atoms with Crippen molar-refractivity contribution in [2.45, 2.75) is 70.9 Å². The molecule has 0 unspecified atom stereocenters. The van der Waals surface area contributed by atoms with Gasteiger partial charge in [0.1, 0.15) is 0 Å². The second-order valence-electron chi connectivity index (χ2n) is 9.16. The number of carbonyl (C=O) groups is 1. The Hall–Kier alpha value is -1.14. The van der Waals surface area contributed by atoms with Gasteiger partial charge in [-0.25, -0.2) is 12.7 Å². The number of fused-ring (bicyclic) bond motifs is 1. The fourth-order valence-corrected chi connectivity index (χ4v) is 8.59. The van der Waals surface area contributed by atoms with E-state index in [0.717, 1.165) is 19.3 Å². The first-order valence-electron chi connectivity index (χ1n) is 10.1. The quantitative estimate of drug-likeness (QED) is 0.640. The summed E-state index contributed by atoms with van der Waals surface area (Å²) in [5, 5.41) is 10.6. The van der Waals surface area contributed by atoms with Crippen LogP contribution in [0.4, 0.5) is 0 Å². The largest absolute Gasteiger partial charge is 0.392 e. The number of sulfonamides is 1. The molecule has 2 aliphatic carbocycles. The van der Waals surface area contributed by atoms with Crippen LogP contribution in [0.3, 0.4) is 0 Å². The van der Waals surface area contributed by atoms with E-state index in [2.05, 4.69) is 27.0 Å². The Morgan fingerprint density at radius 2 is 1.89 bits per heavy atom. The maximum absolute atomic E-state index is 13.4. The molecule has 1 N–H and O–H groups in total. The number of carbonyl (C=O) groups excluding carboxylic acids is 1. The van der Waals surface area contributed by atoms with Gasteiger partial charge in [0.05, 0.1) is 23.8 Å². The number of hydrogen-bond donors (Lipinski definition) is 1. The first-order valence-corrected chi connectivity index (χ1v) is 11.7. The summed E-state index contributed by atoms with van der Waals surface area (Å²) in [5.41, 5.74) is -0.404. The van der Waals surface area contributed by atoms with Gasteiger partial charge in [0, 0.05) is 5.41 Å². The van der Waals surface area contributed by atoms with E-state index >= 15 is 0 Å². The molecule has 152 valence electrons. The Morgan fingerprint density at radius 1 is 1.26 bits per heavy atom. The van der Waals surface area contributed by atoms with Crippen molar-refractivity contribution in [2.75, 3.05) is 5.75 Å². The van der Waals surface area contributed by atoms with Gasteiger partial charge in [-0.2, -0.15) is 0 Å². The second-order valence-corrected chi connectivity index (χ2v) is 11.0. The van der Waals surface area contributed by atoms with Crippen LogP contribution in [0, 0.1) is 22.7 Å². The van der Waals surface area contributed by atoms with Gasteiger partial charge in [0.15, 0.2) is 0 Å². The lowest BCUT2D eigenvalue weighted by molar-refractivity contribution is -0.137. The Morgan fingerprint density at radius 3 is 2.48 bits per heavy atom. The molecule has 1 heterocycles. The molecule has 0 aromatic carbocycles. The number of amides is 1. The molecule has 0 aromatic heterocycles. The summed E-state index contributed by atoms with van der Waals surface area (Å²) in [5.74, 6) is -0.601. The van der Waals surface area contributed by atoms with Gasteiger partial charge in [-0.1, -0.05) is 26.0 Å². The highest BCUT2D eigenvalue weighted by Crippen LogP contribution is 2.70. The van der Waals surface area contributed by atoms with E-state index in [1.807, 2.05) is 0 Å². The van der Waals surface area contributed by atoms with E-state index < -0.39 is 28.0 Å². The summed E-state index contributed by atoms with van der Waals surface area (Å²) in [6, 6.07) is -0.249. The molecule has 6 heteroatoms. The molecule has 5 nitrogen and oxygen atoms in total. The lowest BCUT2D eigenvalue weighted by Gasteiger charge is -2.37. The molecule has 3 fully saturated rings. The van der Waals surface area contributed by atoms with Gasteiger partial charge in [0.2, 0.25) is 15.9 Å².